The maximum Gasteiger partial charge on any atom is 0.268 e. The third-order valence-corrected chi connectivity index (χ3v) is 4.85. The van der Waals surface area contributed by atoms with Gasteiger partial charge < -0.3 is 4.57 Å². The van der Waals surface area contributed by atoms with Crippen LogP contribution in [0.2, 0.25) is 0 Å². The molecule has 0 radical (unpaired) electrons. The Labute approximate surface area is 166 Å². The smallest absolute Gasteiger partial charge is 0.268 e. The molecule has 0 aliphatic heterocycles. The molecular formula is C20H18FN5OS. The van der Waals surface area contributed by atoms with Crippen LogP contribution in [0.15, 0.2) is 48.2 Å². The van der Waals surface area contributed by atoms with Crippen molar-refractivity contribution in [1.82, 2.24) is 14.8 Å². The zero-order chi connectivity index (χ0) is 19.9. The first kappa shape index (κ1) is 19.5. The molecule has 1 aromatic carbocycles. The molecular weight excluding hydrogens is 377 g/mol. The van der Waals surface area contributed by atoms with Gasteiger partial charge in [0.2, 0.25) is 5.13 Å². The third-order valence-electron chi connectivity index (χ3n) is 3.96. The summed E-state index contributed by atoms with van der Waals surface area (Å²) >= 11 is 1.30. The van der Waals surface area contributed by atoms with Crippen LogP contribution in [0.25, 0.3) is 11.8 Å². The Morgan fingerprint density at radius 1 is 1.36 bits per heavy atom. The highest BCUT2D eigenvalue weighted by atomic mass is 32.1. The Kier molecular flexibility index (Phi) is 6.29. The Hall–Kier alpha value is -3.31. The van der Waals surface area contributed by atoms with Crippen LogP contribution in [0.1, 0.15) is 30.5 Å². The Balaban J connectivity index is 1.79. The second-order valence-corrected chi connectivity index (χ2v) is 7.07. The molecule has 0 atom stereocenters. The van der Waals surface area contributed by atoms with E-state index in [2.05, 4.69) is 22.4 Å². The molecule has 0 saturated heterocycles. The normalized spacial score (nSPS) is 11.2. The van der Waals surface area contributed by atoms with Gasteiger partial charge in [-0.3, -0.25) is 10.1 Å². The van der Waals surface area contributed by atoms with Crippen LogP contribution in [0.3, 0.4) is 0 Å². The summed E-state index contributed by atoms with van der Waals surface area (Å²) in [5.74, 6) is -0.929. The number of unbranched alkanes of at least 4 members (excludes halogenated alkanes) is 1. The fourth-order valence-electron chi connectivity index (χ4n) is 2.57. The number of carbonyl (C=O) groups is 1. The van der Waals surface area contributed by atoms with E-state index in [1.165, 1.54) is 29.5 Å². The highest BCUT2D eigenvalue weighted by molar-refractivity contribution is 7.15. The van der Waals surface area contributed by atoms with Gasteiger partial charge in [0.15, 0.2) is 0 Å². The van der Waals surface area contributed by atoms with Gasteiger partial charge in [-0.1, -0.05) is 30.7 Å². The van der Waals surface area contributed by atoms with Gasteiger partial charge in [-0.2, -0.15) is 5.26 Å². The van der Waals surface area contributed by atoms with Crippen LogP contribution in [0.5, 0.6) is 0 Å². The number of aryl methyl sites for hydroxylation is 1. The van der Waals surface area contributed by atoms with Crippen LogP contribution in [-0.2, 0) is 11.2 Å². The molecule has 28 heavy (non-hydrogen) atoms. The summed E-state index contributed by atoms with van der Waals surface area (Å²) in [5.41, 5.74) is 1.10. The lowest BCUT2D eigenvalue weighted by Gasteiger charge is -2.07. The summed E-state index contributed by atoms with van der Waals surface area (Å²) in [6, 6.07) is 11.5. The minimum Gasteiger partial charge on any atom is -0.317 e. The summed E-state index contributed by atoms with van der Waals surface area (Å²) < 4.78 is 15.2. The van der Waals surface area contributed by atoms with Crippen LogP contribution in [0.4, 0.5) is 9.52 Å². The Bertz CT molecular complexity index is 1050. The number of amides is 1. The highest BCUT2D eigenvalue weighted by Gasteiger charge is 2.14. The molecule has 0 unspecified atom stereocenters. The first-order chi connectivity index (χ1) is 13.6. The molecule has 6 nitrogen and oxygen atoms in total. The molecule has 0 spiro atoms. The predicted molar refractivity (Wildman–Crippen MR) is 106 cm³/mol. The summed E-state index contributed by atoms with van der Waals surface area (Å²) in [5, 5.41) is 21.2. The quantitative estimate of drug-likeness (QED) is 0.476. The summed E-state index contributed by atoms with van der Waals surface area (Å²) in [7, 11) is 0. The lowest BCUT2D eigenvalue weighted by molar-refractivity contribution is -0.112. The zero-order valence-electron chi connectivity index (χ0n) is 15.2. The van der Waals surface area contributed by atoms with E-state index in [4.69, 9.17) is 0 Å². The first-order valence-corrected chi connectivity index (χ1v) is 9.61. The minimum absolute atomic E-state index is 0.0818. The monoisotopic (exact) mass is 395 g/mol. The van der Waals surface area contributed by atoms with E-state index < -0.39 is 5.91 Å². The average molecular weight is 395 g/mol. The second kappa shape index (κ2) is 9.06. The van der Waals surface area contributed by atoms with Crippen molar-refractivity contribution >= 4 is 28.5 Å². The van der Waals surface area contributed by atoms with Gasteiger partial charge in [0.1, 0.15) is 22.5 Å². The van der Waals surface area contributed by atoms with Gasteiger partial charge in [0.25, 0.3) is 5.91 Å². The minimum atomic E-state index is -0.562. The molecule has 8 heteroatoms. The van der Waals surface area contributed by atoms with Crippen molar-refractivity contribution in [3.8, 4) is 11.8 Å². The molecule has 0 aliphatic rings. The van der Waals surface area contributed by atoms with Crippen molar-refractivity contribution < 1.29 is 9.18 Å². The number of rotatable bonds is 7. The van der Waals surface area contributed by atoms with Crippen molar-refractivity contribution in [3.05, 3.63) is 64.7 Å². The summed E-state index contributed by atoms with van der Waals surface area (Å²) in [6.07, 6.45) is 6.06. The van der Waals surface area contributed by atoms with Crippen LogP contribution >= 0.6 is 11.3 Å². The van der Waals surface area contributed by atoms with Gasteiger partial charge in [-0.05, 0) is 42.8 Å². The number of nitrogens with zero attached hydrogens (tertiary/aromatic N) is 4. The molecule has 1 amide bonds. The van der Waals surface area contributed by atoms with Crippen molar-refractivity contribution in [1.29, 1.82) is 5.26 Å². The fourth-order valence-corrected chi connectivity index (χ4v) is 3.34. The maximum absolute atomic E-state index is 13.5. The fraction of sp³-hybridized carbons (Fsp3) is 0.200. The molecule has 3 rings (SSSR count). The number of hydrogen-bond donors (Lipinski definition) is 1. The van der Waals surface area contributed by atoms with Gasteiger partial charge >= 0.3 is 0 Å². The van der Waals surface area contributed by atoms with Gasteiger partial charge in [0, 0.05) is 24.0 Å². The Morgan fingerprint density at radius 2 is 2.21 bits per heavy atom. The SMILES string of the molecule is CCCCc1nnc(NC(=O)/C(C#N)=C\c2cccn2-c2cccc(F)c2)s1. The molecule has 1 N–H and O–H groups in total. The van der Waals surface area contributed by atoms with E-state index in [1.807, 2.05) is 6.07 Å². The number of nitrogens with one attached hydrogen (secondary N) is 1. The number of anilines is 1. The second-order valence-electron chi connectivity index (χ2n) is 6.01. The zero-order valence-corrected chi connectivity index (χ0v) is 16.0. The maximum atomic E-state index is 13.5. The van der Waals surface area contributed by atoms with Gasteiger partial charge in [-0.15, -0.1) is 10.2 Å². The molecule has 2 aromatic heterocycles. The molecule has 2 heterocycles. The number of carbonyl (C=O) groups excluding carboxylic acids is 1. The van der Waals surface area contributed by atoms with Crippen molar-refractivity contribution in [2.45, 2.75) is 26.2 Å². The Morgan fingerprint density at radius 3 is 2.96 bits per heavy atom. The lowest BCUT2D eigenvalue weighted by Crippen LogP contribution is -2.13. The van der Waals surface area contributed by atoms with Crippen LogP contribution in [-0.4, -0.2) is 20.7 Å². The van der Waals surface area contributed by atoms with E-state index in [-0.39, 0.29) is 11.4 Å². The number of nitriles is 1. The van der Waals surface area contributed by atoms with E-state index in [0.717, 1.165) is 24.3 Å². The first-order valence-electron chi connectivity index (χ1n) is 8.79. The van der Waals surface area contributed by atoms with Gasteiger partial charge in [0.05, 0.1) is 0 Å². The number of benzene rings is 1. The predicted octanol–water partition coefficient (Wildman–Crippen LogP) is 4.36. The number of halogens is 1. The molecule has 3 aromatic rings. The number of aromatic nitrogens is 3. The summed E-state index contributed by atoms with van der Waals surface area (Å²) in [4.78, 5) is 12.5. The molecule has 0 aliphatic carbocycles. The third kappa shape index (κ3) is 4.69. The van der Waals surface area contributed by atoms with Gasteiger partial charge in [-0.25, -0.2) is 4.39 Å². The van der Waals surface area contributed by atoms with E-state index in [1.54, 1.807) is 35.0 Å². The van der Waals surface area contributed by atoms with E-state index >= 15 is 0 Å². The van der Waals surface area contributed by atoms with Crippen LogP contribution in [0, 0.1) is 17.1 Å². The standard InChI is InChI=1S/C20H18FN5OS/c1-2-3-9-18-24-25-20(28-18)23-19(27)14(13-22)11-16-8-5-10-26(16)17-7-4-6-15(21)12-17/h4-8,10-12H,2-3,9H2,1H3,(H,23,25,27)/b14-11-. The molecule has 0 fully saturated rings. The number of hydrogen-bond acceptors (Lipinski definition) is 5. The summed E-state index contributed by atoms with van der Waals surface area (Å²) in [6.45, 7) is 2.09. The molecule has 142 valence electrons. The van der Waals surface area contributed by atoms with Crippen molar-refractivity contribution in [3.63, 3.8) is 0 Å². The van der Waals surface area contributed by atoms with E-state index in [9.17, 15) is 14.4 Å². The topological polar surface area (TPSA) is 83.6 Å². The lowest BCUT2D eigenvalue weighted by atomic mass is 10.2. The highest BCUT2D eigenvalue weighted by Crippen LogP contribution is 2.20. The van der Waals surface area contributed by atoms with Crippen molar-refractivity contribution in [2.24, 2.45) is 0 Å². The van der Waals surface area contributed by atoms with E-state index in [0.29, 0.717) is 16.5 Å². The largest absolute Gasteiger partial charge is 0.317 e. The van der Waals surface area contributed by atoms with Crippen LogP contribution < -0.4 is 5.32 Å². The molecule has 0 saturated carbocycles. The molecule has 0 bridgehead atoms. The van der Waals surface area contributed by atoms with Crippen molar-refractivity contribution in [2.75, 3.05) is 5.32 Å². The average Bonchev–Trinajstić information content (AvgIpc) is 3.33.